The summed E-state index contributed by atoms with van der Waals surface area (Å²) in [7, 11) is 0. The molecule has 8 nitrogen and oxygen atoms in total. The molecule has 2 aromatic carbocycles. The molecule has 0 aliphatic rings. The van der Waals surface area contributed by atoms with Gasteiger partial charge in [-0.05, 0) is 55.3 Å². The summed E-state index contributed by atoms with van der Waals surface area (Å²) >= 11 is 13.3. The Kier molecular flexibility index (Phi) is 9.20. The van der Waals surface area contributed by atoms with Crippen LogP contribution >= 0.6 is 35.0 Å². The number of hydrogen-bond acceptors (Lipinski definition) is 6. The Morgan fingerprint density at radius 1 is 1.15 bits per heavy atom. The van der Waals surface area contributed by atoms with Gasteiger partial charge in [0.05, 0.1) is 29.0 Å². The number of ether oxygens (including phenoxy) is 1. The van der Waals surface area contributed by atoms with Crippen LogP contribution in [0.1, 0.15) is 43.0 Å². The lowest BCUT2D eigenvalue weighted by Gasteiger charge is -2.20. The molecule has 2 amide bonds. The molecule has 1 aromatic heterocycles. The predicted octanol–water partition coefficient (Wildman–Crippen LogP) is 5.37. The van der Waals surface area contributed by atoms with Crippen molar-refractivity contribution in [3.8, 4) is 5.75 Å². The van der Waals surface area contributed by atoms with Gasteiger partial charge in [0.15, 0.2) is 0 Å². The summed E-state index contributed by atoms with van der Waals surface area (Å²) in [6.45, 7) is 6.40. The molecule has 0 fully saturated rings. The number of anilines is 1. The number of H-pyrrole nitrogens is 1. The molecule has 0 saturated heterocycles. The van der Waals surface area contributed by atoms with Crippen LogP contribution in [0.25, 0.3) is 0 Å². The van der Waals surface area contributed by atoms with Gasteiger partial charge in [-0.25, -0.2) is 4.98 Å². The summed E-state index contributed by atoms with van der Waals surface area (Å²) in [4.78, 5) is 29.5. The molecule has 0 aliphatic heterocycles. The first kappa shape index (κ1) is 25.9. The van der Waals surface area contributed by atoms with Crippen LogP contribution in [0.4, 0.5) is 5.69 Å². The number of hydrogen-bond donors (Lipinski definition) is 3. The summed E-state index contributed by atoms with van der Waals surface area (Å²) in [5.74, 6) is 0.844. The number of thioether (sulfide) groups is 1. The first-order chi connectivity index (χ1) is 16.3. The molecule has 34 heavy (non-hydrogen) atoms. The van der Waals surface area contributed by atoms with Gasteiger partial charge in [-0.1, -0.05) is 48.8 Å². The number of amides is 2. The molecule has 0 spiro atoms. The van der Waals surface area contributed by atoms with Crippen LogP contribution in [0, 0.1) is 5.92 Å². The van der Waals surface area contributed by atoms with E-state index in [1.165, 1.54) is 17.8 Å². The third-order valence-corrected chi connectivity index (χ3v) is 6.08. The van der Waals surface area contributed by atoms with E-state index in [1.54, 1.807) is 36.4 Å². The average molecular weight is 522 g/mol. The molecule has 1 atom stereocenters. The maximum Gasteiger partial charge on any atom is 0.253 e. The molecule has 0 bridgehead atoms. The van der Waals surface area contributed by atoms with Crippen LogP contribution in [0.5, 0.6) is 5.75 Å². The highest BCUT2D eigenvalue weighted by molar-refractivity contribution is 7.99. The molecule has 11 heteroatoms. The molecule has 3 rings (SSSR count). The average Bonchev–Trinajstić information content (AvgIpc) is 3.26. The van der Waals surface area contributed by atoms with Gasteiger partial charge in [0.2, 0.25) is 11.1 Å². The largest absolute Gasteiger partial charge is 0.494 e. The molecule has 3 aromatic rings. The number of benzene rings is 2. The first-order valence-corrected chi connectivity index (χ1v) is 12.3. The molecular formula is C23H25Cl2N5O3S. The van der Waals surface area contributed by atoms with E-state index in [2.05, 4.69) is 25.8 Å². The highest BCUT2D eigenvalue weighted by Gasteiger charge is 2.24. The molecule has 3 N–H and O–H groups in total. The second-order valence-corrected chi connectivity index (χ2v) is 9.40. The van der Waals surface area contributed by atoms with E-state index >= 15 is 0 Å². The number of nitrogens with zero attached hydrogens (tertiary/aromatic N) is 2. The van der Waals surface area contributed by atoms with Crippen molar-refractivity contribution >= 4 is 52.5 Å². The maximum atomic E-state index is 12.8. The minimum Gasteiger partial charge on any atom is -0.494 e. The van der Waals surface area contributed by atoms with E-state index in [0.717, 1.165) is 5.75 Å². The van der Waals surface area contributed by atoms with E-state index < -0.39 is 6.04 Å². The van der Waals surface area contributed by atoms with Gasteiger partial charge in [0, 0.05) is 10.7 Å². The normalized spacial score (nSPS) is 11.8. The van der Waals surface area contributed by atoms with Crippen molar-refractivity contribution in [3.05, 3.63) is 63.9 Å². The van der Waals surface area contributed by atoms with Crippen molar-refractivity contribution in [2.45, 2.75) is 32.0 Å². The Morgan fingerprint density at radius 3 is 2.53 bits per heavy atom. The van der Waals surface area contributed by atoms with Gasteiger partial charge in [0.1, 0.15) is 11.6 Å². The Labute approximate surface area is 212 Å². The number of aromatic amines is 1. The number of aromatic nitrogens is 3. The number of carbonyl (C=O) groups excluding carboxylic acids is 2. The standard InChI is InChI=1S/C23H25Cl2N5O3S/c1-4-33-16-8-6-15(7-9-16)26-19(31)12-34-23-28-21(29-30-23)20(13(2)3)27-22(32)17-10-5-14(24)11-18(17)25/h5-11,13,20H,4,12H2,1-3H3,(H,26,31)(H,27,32)(H,28,29,30)/t20-/m0/s1. The van der Waals surface area contributed by atoms with Crippen LogP contribution in [0.15, 0.2) is 47.6 Å². The minimum atomic E-state index is -0.432. The molecular weight excluding hydrogens is 497 g/mol. The quantitative estimate of drug-likeness (QED) is 0.309. The fourth-order valence-electron chi connectivity index (χ4n) is 3.03. The lowest BCUT2D eigenvalue weighted by Crippen LogP contribution is -2.32. The third kappa shape index (κ3) is 7.12. The lowest BCUT2D eigenvalue weighted by molar-refractivity contribution is -0.113. The van der Waals surface area contributed by atoms with Crippen molar-refractivity contribution in [1.82, 2.24) is 20.5 Å². The van der Waals surface area contributed by atoms with Gasteiger partial charge < -0.3 is 15.4 Å². The fraction of sp³-hybridized carbons (Fsp3) is 0.304. The minimum absolute atomic E-state index is 0.0174. The molecule has 180 valence electrons. The summed E-state index contributed by atoms with van der Waals surface area (Å²) in [5, 5.41) is 13.9. The molecule has 1 heterocycles. The summed E-state index contributed by atoms with van der Waals surface area (Å²) in [5.41, 5.74) is 0.991. The Balaban J connectivity index is 1.58. The lowest BCUT2D eigenvalue weighted by atomic mass is 10.0. The first-order valence-electron chi connectivity index (χ1n) is 10.6. The third-order valence-electron chi connectivity index (χ3n) is 4.69. The van der Waals surface area contributed by atoms with Gasteiger partial charge >= 0.3 is 0 Å². The zero-order chi connectivity index (χ0) is 24.7. The Hall–Kier alpha value is -2.75. The smallest absolute Gasteiger partial charge is 0.253 e. The maximum absolute atomic E-state index is 12.8. The molecule has 0 radical (unpaired) electrons. The second kappa shape index (κ2) is 12.1. The van der Waals surface area contributed by atoms with Crippen LogP contribution in [-0.4, -0.2) is 39.4 Å². The van der Waals surface area contributed by atoms with Crippen LogP contribution in [0.3, 0.4) is 0 Å². The van der Waals surface area contributed by atoms with Crippen molar-refractivity contribution in [3.63, 3.8) is 0 Å². The van der Waals surface area contributed by atoms with Crippen molar-refractivity contribution in [2.24, 2.45) is 5.92 Å². The van der Waals surface area contributed by atoms with E-state index in [0.29, 0.717) is 33.9 Å². The predicted molar refractivity (Wildman–Crippen MR) is 135 cm³/mol. The van der Waals surface area contributed by atoms with E-state index in [-0.39, 0.29) is 28.5 Å². The van der Waals surface area contributed by atoms with Crippen molar-refractivity contribution in [1.29, 1.82) is 0 Å². The van der Waals surface area contributed by atoms with Gasteiger partial charge in [0.25, 0.3) is 5.91 Å². The number of carbonyl (C=O) groups is 2. The highest BCUT2D eigenvalue weighted by Crippen LogP contribution is 2.25. The SMILES string of the molecule is CCOc1ccc(NC(=O)CSc2n[nH]c([C@@H](NC(=O)c3ccc(Cl)cc3Cl)C(C)C)n2)cc1. The zero-order valence-electron chi connectivity index (χ0n) is 18.9. The van der Waals surface area contributed by atoms with Crippen LogP contribution in [0.2, 0.25) is 10.0 Å². The van der Waals surface area contributed by atoms with E-state index in [4.69, 9.17) is 27.9 Å². The summed E-state index contributed by atoms with van der Waals surface area (Å²) in [6.07, 6.45) is 0. The van der Waals surface area contributed by atoms with E-state index in [9.17, 15) is 9.59 Å². The number of nitrogens with one attached hydrogen (secondary N) is 3. The monoisotopic (exact) mass is 521 g/mol. The van der Waals surface area contributed by atoms with Crippen LogP contribution in [-0.2, 0) is 4.79 Å². The van der Waals surface area contributed by atoms with E-state index in [1.807, 2.05) is 20.8 Å². The Bertz CT molecular complexity index is 1140. The molecule has 0 aliphatic carbocycles. The zero-order valence-corrected chi connectivity index (χ0v) is 21.2. The molecule has 0 unspecified atom stereocenters. The summed E-state index contributed by atoms with van der Waals surface area (Å²) < 4.78 is 5.39. The van der Waals surface area contributed by atoms with Gasteiger partial charge in [-0.3, -0.25) is 14.7 Å². The molecule has 0 saturated carbocycles. The van der Waals surface area contributed by atoms with Gasteiger partial charge in [-0.15, -0.1) is 5.10 Å². The highest BCUT2D eigenvalue weighted by atomic mass is 35.5. The summed E-state index contributed by atoms with van der Waals surface area (Å²) in [6, 6.07) is 11.4. The Morgan fingerprint density at radius 2 is 1.88 bits per heavy atom. The fourth-order valence-corrected chi connectivity index (χ4v) is 4.13. The van der Waals surface area contributed by atoms with Crippen molar-refractivity contribution < 1.29 is 14.3 Å². The van der Waals surface area contributed by atoms with Crippen LogP contribution < -0.4 is 15.4 Å². The number of rotatable bonds is 10. The second-order valence-electron chi connectivity index (χ2n) is 7.62. The number of halogens is 2. The van der Waals surface area contributed by atoms with Gasteiger partial charge in [-0.2, -0.15) is 0 Å². The topological polar surface area (TPSA) is 109 Å². The van der Waals surface area contributed by atoms with Crippen molar-refractivity contribution in [2.75, 3.05) is 17.7 Å².